The van der Waals surface area contributed by atoms with E-state index < -0.39 is 20.9 Å². The van der Waals surface area contributed by atoms with Crippen LogP contribution in [0.2, 0.25) is 0 Å². The molecule has 0 saturated carbocycles. The van der Waals surface area contributed by atoms with Crippen molar-refractivity contribution in [3.05, 3.63) is 82.2 Å². The van der Waals surface area contributed by atoms with Crippen LogP contribution in [0.1, 0.15) is 66.1 Å². The van der Waals surface area contributed by atoms with E-state index >= 15 is 0 Å². The Hall–Kier alpha value is -2.73. The van der Waals surface area contributed by atoms with Gasteiger partial charge in [-0.15, -0.1) is 0 Å². The van der Waals surface area contributed by atoms with Gasteiger partial charge in [0.25, 0.3) is 0 Å². The van der Waals surface area contributed by atoms with E-state index in [0.717, 1.165) is 22.4 Å². The van der Waals surface area contributed by atoms with Crippen molar-refractivity contribution in [1.29, 1.82) is 0 Å². The zero-order valence-corrected chi connectivity index (χ0v) is 20.7. The maximum atomic E-state index is 13.5. The molecule has 0 amide bonds. The van der Waals surface area contributed by atoms with Crippen LogP contribution in [-0.2, 0) is 21.8 Å². The molecule has 0 N–H and O–H groups in total. The Morgan fingerprint density at radius 1 is 1.00 bits per heavy atom. The molecule has 170 valence electrons. The number of hydrogen-bond donors (Lipinski definition) is 0. The first kappa shape index (κ1) is 23.9. The molecule has 6 heteroatoms. The number of aryl methyl sites for hydroxylation is 3. The van der Waals surface area contributed by atoms with Gasteiger partial charge < -0.3 is 0 Å². The molecule has 1 atom stereocenters. The summed E-state index contributed by atoms with van der Waals surface area (Å²) in [7, 11) is -3.81. The fourth-order valence-electron chi connectivity index (χ4n) is 3.87. The molecule has 0 aliphatic rings. The van der Waals surface area contributed by atoms with E-state index in [-0.39, 0.29) is 10.3 Å². The van der Waals surface area contributed by atoms with Gasteiger partial charge in [0.05, 0.1) is 17.1 Å². The van der Waals surface area contributed by atoms with E-state index in [1.807, 2.05) is 34.6 Å². The molecule has 0 spiro atoms. The summed E-state index contributed by atoms with van der Waals surface area (Å²) >= 11 is 0. The Kier molecular flexibility index (Phi) is 6.47. The largest absolute Gasteiger partial charge is 0.291 e. The third-order valence-corrected chi connectivity index (χ3v) is 7.93. The lowest BCUT2D eigenvalue weighted by atomic mass is 9.92. The van der Waals surface area contributed by atoms with Gasteiger partial charge in [-0.05, 0) is 62.6 Å². The monoisotopic (exact) mass is 452 g/mol. The topological polar surface area (TPSA) is 69.0 Å². The molecule has 1 heterocycles. The van der Waals surface area contributed by atoms with Crippen molar-refractivity contribution in [2.75, 3.05) is 0 Å². The fourth-order valence-corrected chi connectivity index (χ4v) is 5.22. The van der Waals surface area contributed by atoms with Crippen LogP contribution in [0.3, 0.4) is 0 Å². The number of hydrogen-bond acceptors (Lipinski definition) is 4. The highest BCUT2D eigenvalue weighted by molar-refractivity contribution is 7.92. The lowest BCUT2D eigenvalue weighted by molar-refractivity contribution is 0.0981. The summed E-state index contributed by atoms with van der Waals surface area (Å²) < 4.78 is 27.9. The van der Waals surface area contributed by atoms with Crippen molar-refractivity contribution in [3.8, 4) is 0 Å². The molecule has 2 aromatic carbocycles. The van der Waals surface area contributed by atoms with Crippen LogP contribution in [0.25, 0.3) is 0 Å². The van der Waals surface area contributed by atoms with E-state index in [1.54, 1.807) is 28.9 Å². The second-order valence-corrected chi connectivity index (χ2v) is 11.8. The van der Waals surface area contributed by atoms with Gasteiger partial charge in [0, 0.05) is 5.41 Å². The zero-order chi connectivity index (χ0) is 23.8. The Morgan fingerprint density at radius 3 is 2.09 bits per heavy atom. The Balaban J connectivity index is 2.08. The number of carbonyl (C=O) groups excluding carboxylic acids is 1. The molecule has 5 nitrogen and oxygen atoms in total. The van der Waals surface area contributed by atoms with E-state index in [2.05, 4.69) is 19.1 Å². The van der Waals surface area contributed by atoms with E-state index in [0.29, 0.717) is 12.2 Å². The highest BCUT2D eigenvalue weighted by Crippen LogP contribution is 2.26. The van der Waals surface area contributed by atoms with Crippen molar-refractivity contribution < 1.29 is 13.2 Å². The van der Waals surface area contributed by atoms with Gasteiger partial charge in [0.1, 0.15) is 10.9 Å². The minimum atomic E-state index is -3.81. The summed E-state index contributed by atoms with van der Waals surface area (Å²) in [5, 5.41) is 3.53. The van der Waals surface area contributed by atoms with Gasteiger partial charge in [0.2, 0.25) is 0 Å². The number of nitrogens with zero attached hydrogens (tertiary/aromatic N) is 2. The van der Waals surface area contributed by atoms with E-state index in [9.17, 15) is 13.2 Å². The van der Waals surface area contributed by atoms with Crippen molar-refractivity contribution in [2.24, 2.45) is 0 Å². The maximum Gasteiger partial charge on any atom is 0.199 e. The predicted molar refractivity (Wildman–Crippen MR) is 128 cm³/mol. The standard InChI is InChI=1S/C26H32N2O3S/c1-17-13-18(2)22(19(3)14-17)16-28-23(15-24(27-28)26(5,6)7)25(29)20(4)32(30,31)21-11-9-8-10-12-21/h8-15,20H,16H2,1-7H3. The lowest BCUT2D eigenvalue weighted by Gasteiger charge is -2.16. The van der Waals surface area contributed by atoms with Gasteiger partial charge >= 0.3 is 0 Å². The molecule has 0 radical (unpaired) electrons. The molecule has 0 fully saturated rings. The van der Waals surface area contributed by atoms with Crippen LogP contribution < -0.4 is 0 Å². The van der Waals surface area contributed by atoms with Crippen LogP contribution in [-0.4, -0.2) is 29.2 Å². The molecule has 0 saturated heterocycles. The number of ketones is 1. The average molecular weight is 453 g/mol. The number of benzene rings is 2. The first-order valence-electron chi connectivity index (χ1n) is 10.8. The third kappa shape index (κ3) is 4.70. The molecule has 1 unspecified atom stereocenters. The van der Waals surface area contributed by atoms with Crippen molar-refractivity contribution in [3.63, 3.8) is 0 Å². The predicted octanol–water partition coefficient (Wildman–Crippen LogP) is 5.20. The molecule has 0 aliphatic heterocycles. The average Bonchev–Trinajstić information content (AvgIpc) is 3.14. The SMILES string of the molecule is Cc1cc(C)c(Cn2nc(C(C)(C)C)cc2C(=O)C(C)S(=O)(=O)c2ccccc2)c(C)c1. The van der Waals surface area contributed by atoms with Crippen molar-refractivity contribution in [2.45, 2.75) is 70.6 Å². The normalized spacial score (nSPS) is 13.2. The van der Waals surface area contributed by atoms with Crippen molar-refractivity contribution in [1.82, 2.24) is 9.78 Å². The first-order chi connectivity index (χ1) is 14.8. The minimum absolute atomic E-state index is 0.146. The molecule has 3 aromatic rings. The van der Waals surface area contributed by atoms with Crippen LogP contribution in [0.5, 0.6) is 0 Å². The number of rotatable bonds is 6. The first-order valence-corrected chi connectivity index (χ1v) is 12.3. The summed E-state index contributed by atoms with van der Waals surface area (Å²) in [4.78, 5) is 13.6. The van der Waals surface area contributed by atoms with Gasteiger partial charge in [0.15, 0.2) is 15.6 Å². The Morgan fingerprint density at radius 2 is 1.56 bits per heavy atom. The number of aromatic nitrogens is 2. The molecule has 0 bridgehead atoms. The van der Waals surface area contributed by atoms with Gasteiger partial charge in [-0.3, -0.25) is 9.48 Å². The summed E-state index contributed by atoms with van der Waals surface area (Å²) in [6.07, 6.45) is 0. The molecule has 1 aromatic heterocycles. The molecule has 32 heavy (non-hydrogen) atoms. The smallest absolute Gasteiger partial charge is 0.199 e. The number of sulfone groups is 1. The Bertz CT molecular complexity index is 1230. The molecule has 0 aliphatic carbocycles. The summed E-state index contributed by atoms with van der Waals surface area (Å²) in [6.45, 7) is 14.1. The summed E-state index contributed by atoms with van der Waals surface area (Å²) in [5.41, 5.74) is 5.32. The highest BCUT2D eigenvalue weighted by Gasteiger charge is 2.34. The van der Waals surface area contributed by atoms with Gasteiger partial charge in [-0.25, -0.2) is 8.42 Å². The number of carbonyl (C=O) groups is 1. The third-order valence-electron chi connectivity index (χ3n) is 5.86. The molecular weight excluding hydrogens is 420 g/mol. The quantitative estimate of drug-likeness (QED) is 0.482. The molecular formula is C26H32N2O3S. The van der Waals surface area contributed by atoms with Gasteiger partial charge in [-0.1, -0.05) is 56.7 Å². The minimum Gasteiger partial charge on any atom is -0.291 e. The summed E-state index contributed by atoms with van der Waals surface area (Å²) in [6, 6.07) is 14.1. The zero-order valence-electron chi connectivity index (χ0n) is 19.9. The summed E-state index contributed by atoms with van der Waals surface area (Å²) in [5.74, 6) is -0.445. The van der Waals surface area contributed by atoms with Crippen LogP contribution >= 0.6 is 0 Å². The maximum absolute atomic E-state index is 13.5. The van der Waals surface area contributed by atoms with Crippen molar-refractivity contribution >= 4 is 15.6 Å². The molecule has 3 rings (SSSR count). The second-order valence-electron chi connectivity index (χ2n) is 9.56. The lowest BCUT2D eigenvalue weighted by Crippen LogP contribution is -2.29. The van der Waals surface area contributed by atoms with E-state index in [1.165, 1.54) is 24.6 Å². The van der Waals surface area contributed by atoms with E-state index in [4.69, 9.17) is 5.10 Å². The second kappa shape index (κ2) is 8.66. The highest BCUT2D eigenvalue weighted by atomic mass is 32.2. The van der Waals surface area contributed by atoms with Crippen LogP contribution in [0.15, 0.2) is 53.4 Å². The Labute approximate surface area is 191 Å². The fraction of sp³-hybridized carbons (Fsp3) is 0.385. The van der Waals surface area contributed by atoms with Crippen LogP contribution in [0, 0.1) is 20.8 Å². The van der Waals surface area contributed by atoms with Crippen LogP contribution in [0.4, 0.5) is 0 Å². The van der Waals surface area contributed by atoms with Gasteiger partial charge in [-0.2, -0.15) is 5.10 Å². The number of Topliss-reactive ketones (excluding diaryl/α,β-unsaturated/α-hetero) is 1.